The number of alkyl carbamates (subject to hydrolysis) is 1. The molecular formula is C13H24N2O3. The van der Waals surface area contributed by atoms with Crippen molar-refractivity contribution in [3.05, 3.63) is 0 Å². The van der Waals surface area contributed by atoms with E-state index in [1.165, 1.54) is 0 Å². The normalized spacial score (nSPS) is 24.0. The van der Waals surface area contributed by atoms with Crippen LogP contribution in [0.1, 0.15) is 46.5 Å². The van der Waals surface area contributed by atoms with Gasteiger partial charge in [0.05, 0.1) is 6.04 Å². The number of amides is 1. The molecule has 1 heterocycles. The Kier molecular flexibility index (Phi) is 5.14. The van der Waals surface area contributed by atoms with E-state index in [1.807, 2.05) is 13.8 Å². The van der Waals surface area contributed by atoms with E-state index < -0.39 is 23.6 Å². The van der Waals surface area contributed by atoms with E-state index in [-0.39, 0.29) is 12.4 Å². The number of ketones is 1. The molecule has 1 rings (SSSR count). The zero-order chi connectivity index (χ0) is 13.8. The average molecular weight is 256 g/mol. The first kappa shape index (κ1) is 15.0. The van der Waals surface area contributed by atoms with E-state index in [4.69, 9.17) is 10.5 Å². The van der Waals surface area contributed by atoms with Crippen LogP contribution in [0.15, 0.2) is 0 Å². The number of hydrogen-bond donors (Lipinski definition) is 2. The van der Waals surface area contributed by atoms with E-state index in [0.29, 0.717) is 6.42 Å². The van der Waals surface area contributed by atoms with Crippen molar-refractivity contribution in [1.82, 2.24) is 5.32 Å². The molecule has 0 radical (unpaired) electrons. The average Bonchev–Trinajstić information content (AvgIpc) is 2.31. The minimum Gasteiger partial charge on any atom is -0.449 e. The summed E-state index contributed by atoms with van der Waals surface area (Å²) in [5.41, 5.74) is 5.50. The Morgan fingerprint density at radius 3 is 2.83 bits per heavy atom. The van der Waals surface area contributed by atoms with Crippen molar-refractivity contribution in [3.8, 4) is 0 Å². The second kappa shape index (κ2) is 6.18. The Bertz CT molecular complexity index is 315. The number of carbonyl (C=O) groups is 2. The minimum atomic E-state index is -0.546. The molecule has 1 aliphatic heterocycles. The lowest BCUT2D eigenvalue weighted by atomic mass is 9.79. The molecule has 18 heavy (non-hydrogen) atoms. The van der Waals surface area contributed by atoms with E-state index in [1.54, 1.807) is 0 Å². The molecule has 104 valence electrons. The third-order valence-corrected chi connectivity index (χ3v) is 3.39. The Labute approximate surface area is 108 Å². The van der Waals surface area contributed by atoms with Gasteiger partial charge in [-0.15, -0.1) is 0 Å². The number of cyclic esters (lactones) is 1. The Hall–Kier alpha value is -1.10. The number of nitrogens with two attached hydrogens (primary N) is 1. The number of Topliss-reactive ketones (excluding diaryl/α,β-unsaturated/α-hetero) is 1. The summed E-state index contributed by atoms with van der Waals surface area (Å²) < 4.78 is 4.91. The maximum absolute atomic E-state index is 12.3. The standard InChI is InChI=1S/C13H24N2O3/c1-4-5-6-7-9(14)10(16)11-13(2,3)8-18-12(17)15-11/h9,11H,4-8,14H2,1-3H3,(H,15,17)/t9-,11-/m1/s1. The van der Waals surface area contributed by atoms with E-state index in [2.05, 4.69) is 12.2 Å². The molecular weight excluding hydrogens is 232 g/mol. The number of nitrogens with one attached hydrogen (secondary N) is 1. The molecule has 5 nitrogen and oxygen atoms in total. The lowest BCUT2D eigenvalue weighted by molar-refractivity contribution is -0.127. The van der Waals surface area contributed by atoms with Gasteiger partial charge in [-0.3, -0.25) is 4.79 Å². The fraction of sp³-hybridized carbons (Fsp3) is 0.846. The van der Waals surface area contributed by atoms with Crippen LogP contribution < -0.4 is 11.1 Å². The van der Waals surface area contributed by atoms with Crippen LogP contribution in [0.2, 0.25) is 0 Å². The molecule has 0 spiro atoms. The molecule has 1 amide bonds. The molecule has 0 aromatic carbocycles. The molecule has 1 saturated heterocycles. The molecule has 0 aromatic rings. The maximum atomic E-state index is 12.3. The number of ether oxygens (including phenoxy) is 1. The van der Waals surface area contributed by atoms with Gasteiger partial charge in [0.1, 0.15) is 12.6 Å². The van der Waals surface area contributed by atoms with Gasteiger partial charge in [0.25, 0.3) is 0 Å². The van der Waals surface area contributed by atoms with Crippen molar-refractivity contribution in [2.45, 2.75) is 58.5 Å². The van der Waals surface area contributed by atoms with Crippen LogP contribution in [-0.2, 0) is 9.53 Å². The number of unbranched alkanes of at least 4 members (excludes halogenated alkanes) is 2. The number of rotatable bonds is 6. The van der Waals surface area contributed by atoms with Crippen molar-refractivity contribution in [1.29, 1.82) is 0 Å². The van der Waals surface area contributed by atoms with Gasteiger partial charge in [-0.1, -0.05) is 40.0 Å². The predicted octanol–water partition coefficient (Wildman–Crippen LogP) is 1.60. The highest BCUT2D eigenvalue weighted by Gasteiger charge is 2.42. The first-order valence-electron chi connectivity index (χ1n) is 6.61. The highest BCUT2D eigenvalue weighted by Crippen LogP contribution is 2.26. The van der Waals surface area contributed by atoms with Gasteiger partial charge in [0.2, 0.25) is 0 Å². The van der Waals surface area contributed by atoms with Crippen molar-refractivity contribution in [2.75, 3.05) is 6.61 Å². The van der Waals surface area contributed by atoms with Gasteiger partial charge >= 0.3 is 6.09 Å². The number of hydrogen-bond acceptors (Lipinski definition) is 4. The molecule has 1 aliphatic rings. The van der Waals surface area contributed by atoms with Crippen LogP contribution >= 0.6 is 0 Å². The molecule has 5 heteroatoms. The van der Waals surface area contributed by atoms with Crippen LogP contribution in [0.5, 0.6) is 0 Å². The van der Waals surface area contributed by atoms with Crippen molar-refractivity contribution in [3.63, 3.8) is 0 Å². The van der Waals surface area contributed by atoms with Gasteiger partial charge in [0.15, 0.2) is 5.78 Å². The van der Waals surface area contributed by atoms with E-state index in [9.17, 15) is 9.59 Å². The van der Waals surface area contributed by atoms with Crippen LogP contribution in [0.25, 0.3) is 0 Å². The summed E-state index contributed by atoms with van der Waals surface area (Å²) in [6.07, 6.45) is 3.26. The quantitative estimate of drug-likeness (QED) is 0.707. The summed E-state index contributed by atoms with van der Waals surface area (Å²) in [6, 6.07) is -1.05. The Morgan fingerprint density at radius 1 is 1.56 bits per heavy atom. The largest absolute Gasteiger partial charge is 0.449 e. The molecule has 2 atom stereocenters. The smallest absolute Gasteiger partial charge is 0.407 e. The summed E-state index contributed by atoms with van der Waals surface area (Å²) >= 11 is 0. The molecule has 0 aromatic heterocycles. The molecule has 0 bridgehead atoms. The van der Waals surface area contributed by atoms with Crippen LogP contribution in [0, 0.1) is 5.41 Å². The molecule has 1 fully saturated rings. The maximum Gasteiger partial charge on any atom is 0.407 e. The third kappa shape index (κ3) is 3.70. The van der Waals surface area contributed by atoms with Crippen LogP contribution in [-0.4, -0.2) is 30.6 Å². The zero-order valence-corrected chi connectivity index (χ0v) is 11.5. The highest BCUT2D eigenvalue weighted by molar-refractivity contribution is 5.92. The minimum absolute atomic E-state index is 0.0900. The Balaban J connectivity index is 2.60. The summed E-state index contributed by atoms with van der Waals surface area (Å²) in [7, 11) is 0. The van der Waals surface area contributed by atoms with Crippen LogP contribution in [0.3, 0.4) is 0 Å². The van der Waals surface area contributed by atoms with E-state index in [0.717, 1.165) is 19.3 Å². The fourth-order valence-corrected chi connectivity index (χ4v) is 2.12. The predicted molar refractivity (Wildman–Crippen MR) is 69.2 cm³/mol. The summed E-state index contributed by atoms with van der Waals surface area (Å²) in [5.74, 6) is -0.0900. The summed E-state index contributed by atoms with van der Waals surface area (Å²) in [5, 5.41) is 2.59. The van der Waals surface area contributed by atoms with Crippen molar-refractivity contribution >= 4 is 11.9 Å². The fourth-order valence-electron chi connectivity index (χ4n) is 2.12. The van der Waals surface area contributed by atoms with Crippen LogP contribution in [0.4, 0.5) is 4.79 Å². The first-order valence-corrected chi connectivity index (χ1v) is 6.61. The van der Waals surface area contributed by atoms with Gasteiger partial charge in [-0.05, 0) is 6.42 Å². The monoisotopic (exact) mass is 256 g/mol. The highest BCUT2D eigenvalue weighted by atomic mass is 16.6. The second-order valence-electron chi connectivity index (χ2n) is 5.65. The molecule has 0 aliphatic carbocycles. The topological polar surface area (TPSA) is 81.4 Å². The second-order valence-corrected chi connectivity index (χ2v) is 5.65. The molecule has 3 N–H and O–H groups in total. The SMILES string of the molecule is CCCCC[C@@H](N)C(=O)[C@H]1NC(=O)OCC1(C)C. The van der Waals surface area contributed by atoms with Crippen molar-refractivity contribution in [2.24, 2.45) is 11.1 Å². The van der Waals surface area contributed by atoms with Gasteiger partial charge in [0, 0.05) is 5.41 Å². The summed E-state index contributed by atoms with van der Waals surface area (Å²) in [6.45, 7) is 6.15. The zero-order valence-electron chi connectivity index (χ0n) is 11.5. The Morgan fingerprint density at radius 2 is 2.22 bits per heavy atom. The summed E-state index contributed by atoms with van der Waals surface area (Å²) in [4.78, 5) is 23.5. The molecule has 0 unspecified atom stereocenters. The van der Waals surface area contributed by atoms with Gasteiger partial charge in [-0.25, -0.2) is 4.79 Å². The van der Waals surface area contributed by atoms with Crippen molar-refractivity contribution < 1.29 is 14.3 Å². The van der Waals surface area contributed by atoms with Gasteiger partial charge < -0.3 is 15.8 Å². The van der Waals surface area contributed by atoms with Gasteiger partial charge in [-0.2, -0.15) is 0 Å². The number of carbonyl (C=O) groups excluding carboxylic acids is 2. The lowest BCUT2D eigenvalue weighted by Gasteiger charge is -2.38. The van der Waals surface area contributed by atoms with E-state index >= 15 is 0 Å². The third-order valence-electron chi connectivity index (χ3n) is 3.39. The molecule has 0 saturated carbocycles. The first-order chi connectivity index (χ1) is 8.38. The lowest BCUT2D eigenvalue weighted by Crippen LogP contribution is -2.60.